The van der Waals surface area contributed by atoms with Gasteiger partial charge in [-0.15, -0.1) is 0 Å². The van der Waals surface area contributed by atoms with E-state index in [2.05, 4.69) is 10.1 Å². The summed E-state index contributed by atoms with van der Waals surface area (Å²) in [6.45, 7) is 2.53. The molecule has 134 valence electrons. The van der Waals surface area contributed by atoms with Crippen LogP contribution in [0.2, 0.25) is 0 Å². The summed E-state index contributed by atoms with van der Waals surface area (Å²) < 4.78 is 18.4. The first-order valence-electron chi connectivity index (χ1n) is 8.37. The summed E-state index contributed by atoms with van der Waals surface area (Å²) in [5.74, 6) is -0.292. The number of rotatable bonds is 6. The minimum Gasteiger partial charge on any atom is -0.480 e. The molecule has 0 spiro atoms. The second kappa shape index (κ2) is 7.76. The molecule has 3 rings (SSSR count). The first-order valence-corrected chi connectivity index (χ1v) is 8.37. The molecule has 1 aromatic carbocycles. The summed E-state index contributed by atoms with van der Waals surface area (Å²) in [5, 5.41) is 12.9. The summed E-state index contributed by atoms with van der Waals surface area (Å²) in [6, 6.07) is 8.36. The zero-order valence-corrected chi connectivity index (χ0v) is 14.2. The Bertz CT molecular complexity index is 709. The molecule has 2 aromatic rings. The Balaban J connectivity index is 1.53. The van der Waals surface area contributed by atoms with Gasteiger partial charge >= 0.3 is 5.97 Å². The van der Waals surface area contributed by atoms with Crippen molar-refractivity contribution in [3.05, 3.63) is 41.9 Å². The van der Waals surface area contributed by atoms with Gasteiger partial charge in [0.25, 0.3) is 0 Å². The van der Waals surface area contributed by atoms with Crippen molar-refractivity contribution in [3.8, 4) is 11.3 Å². The summed E-state index contributed by atoms with van der Waals surface area (Å²) in [6.07, 6.45) is 1.87. The van der Waals surface area contributed by atoms with Crippen molar-refractivity contribution in [1.82, 2.24) is 15.0 Å². The first kappa shape index (κ1) is 17.6. The van der Waals surface area contributed by atoms with Crippen LogP contribution >= 0.6 is 0 Å². The Kier molecular flexibility index (Phi) is 5.45. The van der Waals surface area contributed by atoms with Gasteiger partial charge in [-0.3, -0.25) is 14.6 Å². The van der Waals surface area contributed by atoms with Gasteiger partial charge in [-0.2, -0.15) is 0 Å². The number of hydrogen-bond donors (Lipinski definition) is 1. The van der Waals surface area contributed by atoms with Crippen LogP contribution in [0.3, 0.4) is 0 Å². The van der Waals surface area contributed by atoms with Crippen LogP contribution < -0.4 is 0 Å². The lowest BCUT2D eigenvalue weighted by Crippen LogP contribution is -2.44. The number of likely N-dealkylation sites (N-methyl/N-ethyl adjacent to an activating group) is 1. The van der Waals surface area contributed by atoms with Gasteiger partial charge in [0.05, 0.1) is 13.1 Å². The van der Waals surface area contributed by atoms with Crippen molar-refractivity contribution < 1.29 is 18.8 Å². The van der Waals surface area contributed by atoms with Gasteiger partial charge in [0.1, 0.15) is 11.5 Å². The van der Waals surface area contributed by atoms with E-state index in [1.165, 1.54) is 12.1 Å². The lowest BCUT2D eigenvalue weighted by atomic mass is 10.0. The lowest BCUT2D eigenvalue weighted by Gasteiger charge is -2.35. The molecule has 0 atom stereocenters. The van der Waals surface area contributed by atoms with Gasteiger partial charge < -0.3 is 9.63 Å². The Hall–Kier alpha value is -2.25. The number of halogens is 1. The quantitative estimate of drug-likeness (QED) is 0.866. The number of carboxylic acid groups (broad SMARTS) is 1. The Morgan fingerprint density at radius 3 is 2.68 bits per heavy atom. The molecular weight excluding hydrogens is 325 g/mol. The number of likely N-dealkylation sites (tertiary alicyclic amines) is 1. The molecule has 1 N–H and O–H groups in total. The summed E-state index contributed by atoms with van der Waals surface area (Å²) in [5.41, 5.74) is 1.52. The highest BCUT2D eigenvalue weighted by molar-refractivity contribution is 5.69. The fourth-order valence-electron chi connectivity index (χ4n) is 3.23. The highest BCUT2D eigenvalue weighted by Gasteiger charge is 2.24. The van der Waals surface area contributed by atoms with Crippen LogP contribution in [0.25, 0.3) is 11.3 Å². The van der Waals surface area contributed by atoms with Crippen molar-refractivity contribution in [1.29, 1.82) is 0 Å². The molecule has 0 aliphatic carbocycles. The van der Waals surface area contributed by atoms with Crippen LogP contribution in [0.5, 0.6) is 0 Å². The molecule has 0 bridgehead atoms. The number of hydrogen-bond acceptors (Lipinski definition) is 5. The average molecular weight is 347 g/mol. The maximum Gasteiger partial charge on any atom is 0.317 e. The molecule has 7 heteroatoms. The largest absolute Gasteiger partial charge is 0.480 e. The minimum atomic E-state index is -0.792. The summed E-state index contributed by atoms with van der Waals surface area (Å²) in [7, 11) is 1.86. The number of nitrogens with zero attached hydrogens (tertiary/aromatic N) is 3. The van der Waals surface area contributed by atoms with Gasteiger partial charge in [-0.05, 0) is 44.2 Å². The predicted octanol–water partition coefficient (Wildman–Crippen LogP) is 2.46. The van der Waals surface area contributed by atoms with Gasteiger partial charge in [0.15, 0.2) is 5.76 Å². The third-order valence-electron chi connectivity index (χ3n) is 4.64. The topological polar surface area (TPSA) is 69.8 Å². The van der Waals surface area contributed by atoms with E-state index in [1.807, 2.05) is 18.0 Å². The van der Waals surface area contributed by atoms with Gasteiger partial charge in [-0.25, -0.2) is 4.39 Å². The molecule has 1 saturated heterocycles. The van der Waals surface area contributed by atoms with Crippen molar-refractivity contribution >= 4 is 5.97 Å². The zero-order valence-electron chi connectivity index (χ0n) is 14.2. The van der Waals surface area contributed by atoms with E-state index < -0.39 is 5.97 Å². The Morgan fingerprint density at radius 1 is 1.36 bits per heavy atom. The van der Waals surface area contributed by atoms with E-state index in [4.69, 9.17) is 9.63 Å². The molecule has 0 unspecified atom stereocenters. The highest BCUT2D eigenvalue weighted by atomic mass is 19.1. The van der Waals surface area contributed by atoms with Crippen LogP contribution in [0.1, 0.15) is 18.6 Å². The van der Waals surface area contributed by atoms with E-state index in [0.29, 0.717) is 18.3 Å². The molecule has 0 radical (unpaired) electrons. The Labute approximate surface area is 145 Å². The van der Waals surface area contributed by atoms with Gasteiger partial charge in [-0.1, -0.05) is 5.16 Å². The number of piperidine rings is 1. The molecular formula is C18H22FN3O3. The molecule has 25 heavy (non-hydrogen) atoms. The van der Waals surface area contributed by atoms with E-state index in [1.54, 1.807) is 12.1 Å². The summed E-state index contributed by atoms with van der Waals surface area (Å²) >= 11 is 0. The third kappa shape index (κ3) is 4.64. The molecule has 1 aliphatic rings. The third-order valence-corrected chi connectivity index (χ3v) is 4.64. The molecule has 1 fully saturated rings. The van der Waals surface area contributed by atoms with E-state index in [9.17, 15) is 9.18 Å². The fourth-order valence-corrected chi connectivity index (χ4v) is 3.23. The average Bonchev–Trinajstić information content (AvgIpc) is 3.04. The van der Waals surface area contributed by atoms with Crippen molar-refractivity contribution in [2.24, 2.45) is 0 Å². The second-order valence-electron chi connectivity index (χ2n) is 6.50. The molecule has 0 saturated carbocycles. The maximum atomic E-state index is 13.0. The van der Waals surface area contributed by atoms with Crippen LogP contribution in [-0.2, 0) is 11.3 Å². The van der Waals surface area contributed by atoms with Gasteiger partial charge in [0.2, 0.25) is 0 Å². The lowest BCUT2D eigenvalue weighted by molar-refractivity contribution is -0.138. The molecule has 1 aliphatic heterocycles. The van der Waals surface area contributed by atoms with Crippen molar-refractivity contribution in [2.45, 2.75) is 25.4 Å². The second-order valence-corrected chi connectivity index (χ2v) is 6.50. The predicted molar refractivity (Wildman–Crippen MR) is 90.5 cm³/mol. The number of benzene rings is 1. The maximum absolute atomic E-state index is 13.0. The number of carbonyl (C=O) groups is 1. The zero-order chi connectivity index (χ0) is 17.8. The molecule has 1 aromatic heterocycles. The van der Waals surface area contributed by atoms with Crippen LogP contribution in [0.15, 0.2) is 34.9 Å². The summed E-state index contributed by atoms with van der Waals surface area (Å²) in [4.78, 5) is 15.0. The number of aromatic nitrogens is 1. The number of carboxylic acids is 1. The molecule has 2 heterocycles. The fraction of sp³-hybridized carbons (Fsp3) is 0.444. The van der Waals surface area contributed by atoms with Crippen molar-refractivity contribution in [3.63, 3.8) is 0 Å². The highest BCUT2D eigenvalue weighted by Crippen LogP contribution is 2.22. The van der Waals surface area contributed by atoms with Crippen LogP contribution in [0, 0.1) is 5.82 Å². The standard InChI is InChI=1S/C18H22FN3O3/c1-21(12-18(23)24)15-6-8-22(9-7-15)11-16-10-17(20-25-16)13-2-4-14(19)5-3-13/h2-5,10,15H,6-9,11-12H2,1H3,(H,23,24). The smallest absolute Gasteiger partial charge is 0.317 e. The molecule has 6 nitrogen and oxygen atoms in total. The van der Waals surface area contributed by atoms with E-state index in [0.717, 1.165) is 37.3 Å². The van der Waals surface area contributed by atoms with E-state index in [-0.39, 0.29) is 12.4 Å². The number of aliphatic carboxylic acids is 1. The van der Waals surface area contributed by atoms with Crippen LogP contribution in [0.4, 0.5) is 4.39 Å². The normalized spacial score (nSPS) is 16.4. The van der Waals surface area contributed by atoms with Crippen molar-refractivity contribution in [2.75, 3.05) is 26.7 Å². The minimum absolute atomic E-state index is 0.0772. The Morgan fingerprint density at radius 2 is 2.04 bits per heavy atom. The SMILES string of the molecule is CN(CC(=O)O)C1CCN(Cc2cc(-c3ccc(F)cc3)no2)CC1. The van der Waals surface area contributed by atoms with Crippen LogP contribution in [-0.4, -0.2) is 58.8 Å². The monoisotopic (exact) mass is 347 g/mol. The van der Waals surface area contributed by atoms with E-state index >= 15 is 0 Å². The first-order chi connectivity index (χ1) is 12.0. The van der Waals surface area contributed by atoms with Gasteiger partial charge in [0, 0.05) is 30.8 Å². The molecule has 0 amide bonds.